The van der Waals surface area contributed by atoms with Crippen LogP contribution in [-0.2, 0) is 6.54 Å². The van der Waals surface area contributed by atoms with E-state index in [1.165, 1.54) is 5.56 Å². The smallest absolute Gasteiger partial charge is 0.0797 e. The molecule has 1 nitrogen and oxygen atoms in total. The fourth-order valence-corrected chi connectivity index (χ4v) is 1.52. The summed E-state index contributed by atoms with van der Waals surface area (Å²) in [5.41, 5.74) is 1.26. The van der Waals surface area contributed by atoms with Gasteiger partial charge in [-0.05, 0) is 11.5 Å². The van der Waals surface area contributed by atoms with Crippen LogP contribution in [0.1, 0.15) is 25.8 Å². The van der Waals surface area contributed by atoms with Gasteiger partial charge >= 0.3 is 0 Å². The van der Waals surface area contributed by atoms with Crippen molar-refractivity contribution in [3.63, 3.8) is 0 Å². The number of hydrogen-bond acceptors (Lipinski definition) is 1. The number of nitrogens with one attached hydrogen (secondary N) is 1. The molecule has 0 bridgehead atoms. The maximum atomic E-state index is 5.23. The third kappa shape index (κ3) is 4.93. The molecule has 0 unspecified atom stereocenters. The Labute approximate surface area is 97.9 Å². The molecular formula is C13H18NS. The van der Waals surface area contributed by atoms with E-state index in [0.717, 1.165) is 18.0 Å². The van der Waals surface area contributed by atoms with Gasteiger partial charge in [-0.25, -0.2) is 0 Å². The molecule has 0 amide bonds. The van der Waals surface area contributed by atoms with Gasteiger partial charge in [0.1, 0.15) is 0 Å². The molecule has 0 saturated heterocycles. The van der Waals surface area contributed by atoms with E-state index in [1.54, 1.807) is 0 Å². The molecule has 1 atom stereocenters. The first-order valence-electron chi connectivity index (χ1n) is 5.39. The van der Waals surface area contributed by atoms with E-state index in [4.69, 9.17) is 12.2 Å². The van der Waals surface area contributed by atoms with E-state index in [1.807, 2.05) is 18.2 Å². The largest absolute Gasteiger partial charge is 0.375 e. The number of hydrogen-bond donors (Lipinski definition) is 1. The van der Waals surface area contributed by atoms with Crippen molar-refractivity contribution in [3.8, 4) is 0 Å². The summed E-state index contributed by atoms with van der Waals surface area (Å²) in [6, 6.07) is 10.3. The van der Waals surface area contributed by atoms with Crippen LogP contribution in [0.4, 0.5) is 0 Å². The Morgan fingerprint density at radius 1 is 1.40 bits per heavy atom. The van der Waals surface area contributed by atoms with Crippen LogP contribution in [0.3, 0.4) is 0 Å². The fraction of sp³-hybridized carbons (Fsp3) is 0.385. The second-order valence-corrected chi connectivity index (χ2v) is 4.20. The molecule has 1 radical (unpaired) electrons. The Kier molecular flexibility index (Phi) is 5.33. The zero-order valence-corrected chi connectivity index (χ0v) is 10.2. The Bertz CT molecular complexity index is 295. The summed E-state index contributed by atoms with van der Waals surface area (Å²) in [5.74, 6) is 0.556. The Hall–Kier alpha value is -0.890. The molecule has 2 heteroatoms. The second kappa shape index (κ2) is 6.57. The normalized spacial score (nSPS) is 12.1. The third-order valence-corrected chi connectivity index (χ3v) is 2.67. The highest BCUT2D eigenvalue weighted by Gasteiger charge is 2.03. The first-order chi connectivity index (χ1) is 7.22. The fourth-order valence-electron chi connectivity index (χ4n) is 1.22. The molecule has 1 aromatic carbocycles. The molecule has 0 fully saturated rings. The van der Waals surface area contributed by atoms with Gasteiger partial charge in [-0.2, -0.15) is 0 Å². The summed E-state index contributed by atoms with van der Waals surface area (Å²) in [6.07, 6.45) is 3.24. The van der Waals surface area contributed by atoms with Crippen molar-refractivity contribution >= 4 is 17.2 Å². The zero-order chi connectivity index (χ0) is 11.1. The Morgan fingerprint density at radius 2 is 2.07 bits per heavy atom. The molecule has 1 aromatic rings. The molecule has 15 heavy (non-hydrogen) atoms. The number of thiocarbonyl (C=S) groups is 1. The van der Waals surface area contributed by atoms with Crippen molar-refractivity contribution in [2.45, 2.75) is 26.8 Å². The molecule has 81 valence electrons. The Morgan fingerprint density at radius 3 is 2.67 bits per heavy atom. The summed E-state index contributed by atoms with van der Waals surface area (Å²) in [5, 5.41) is 3.24. The number of benzene rings is 1. The average molecular weight is 220 g/mol. The summed E-state index contributed by atoms with van der Waals surface area (Å²) in [4.78, 5) is 0.855. The second-order valence-electron chi connectivity index (χ2n) is 3.76. The molecule has 0 spiro atoms. The van der Waals surface area contributed by atoms with Crippen LogP contribution in [0.5, 0.6) is 0 Å². The first-order valence-corrected chi connectivity index (χ1v) is 5.79. The van der Waals surface area contributed by atoms with Gasteiger partial charge in [0.05, 0.1) is 4.99 Å². The third-order valence-electron chi connectivity index (χ3n) is 2.39. The van der Waals surface area contributed by atoms with Crippen molar-refractivity contribution in [2.75, 3.05) is 0 Å². The van der Waals surface area contributed by atoms with Gasteiger partial charge < -0.3 is 5.32 Å². The van der Waals surface area contributed by atoms with Crippen molar-refractivity contribution in [1.29, 1.82) is 0 Å². The van der Waals surface area contributed by atoms with Crippen LogP contribution in [-0.4, -0.2) is 4.99 Å². The van der Waals surface area contributed by atoms with Crippen molar-refractivity contribution in [1.82, 2.24) is 5.32 Å². The van der Waals surface area contributed by atoms with Crippen LogP contribution >= 0.6 is 12.2 Å². The van der Waals surface area contributed by atoms with Crippen LogP contribution < -0.4 is 5.32 Å². The van der Waals surface area contributed by atoms with Crippen LogP contribution in [0.15, 0.2) is 30.3 Å². The summed E-state index contributed by atoms with van der Waals surface area (Å²) < 4.78 is 0. The monoisotopic (exact) mass is 220 g/mol. The molecule has 0 aliphatic heterocycles. The van der Waals surface area contributed by atoms with Crippen molar-refractivity contribution < 1.29 is 0 Å². The molecule has 1 rings (SSSR count). The van der Waals surface area contributed by atoms with Crippen molar-refractivity contribution in [2.24, 2.45) is 5.92 Å². The quantitative estimate of drug-likeness (QED) is 0.764. The maximum absolute atomic E-state index is 5.23. The van der Waals surface area contributed by atoms with E-state index in [-0.39, 0.29) is 0 Å². The zero-order valence-electron chi connectivity index (χ0n) is 9.36. The van der Waals surface area contributed by atoms with Gasteiger partial charge in [-0.3, -0.25) is 0 Å². The molecule has 0 aromatic heterocycles. The lowest BCUT2D eigenvalue weighted by Crippen LogP contribution is -2.23. The lowest BCUT2D eigenvalue weighted by molar-refractivity contribution is 0.668. The molecule has 0 aliphatic rings. The SMILES string of the molecule is CC[C@@H](C)[CH]C(=S)NCc1ccccc1. The van der Waals surface area contributed by atoms with Crippen LogP contribution in [0, 0.1) is 12.3 Å². The standard InChI is InChI=1S/C13H18NS/c1-3-11(2)9-13(15)14-10-12-7-5-4-6-8-12/h4-9,11H,3,10H2,1-2H3,(H,14,15)/t11-/m1/s1. The van der Waals surface area contributed by atoms with Crippen molar-refractivity contribution in [3.05, 3.63) is 42.3 Å². The Balaban J connectivity index is 2.29. The highest BCUT2D eigenvalue weighted by atomic mass is 32.1. The maximum Gasteiger partial charge on any atom is 0.0797 e. The lowest BCUT2D eigenvalue weighted by Gasteiger charge is -2.11. The van der Waals surface area contributed by atoms with E-state index in [2.05, 4.69) is 37.7 Å². The predicted molar refractivity (Wildman–Crippen MR) is 69.6 cm³/mol. The topological polar surface area (TPSA) is 12.0 Å². The molecule has 1 N–H and O–H groups in total. The minimum atomic E-state index is 0.556. The molecule has 0 aliphatic carbocycles. The molecule has 0 heterocycles. The van der Waals surface area contributed by atoms with E-state index in [0.29, 0.717) is 5.92 Å². The highest BCUT2D eigenvalue weighted by Crippen LogP contribution is 2.06. The number of rotatable bonds is 5. The summed E-state index contributed by atoms with van der Waals surface area (Å²) >= 11 is 5.23. The van der Waals surface area contributed by atoms with E-state index < -0.39 is 0 Å². The van der Waals surface area contributed by atoms with E-state index >= 15 is 0 Å². The van der Waals surface area contributed by atoms with Gasteiger partial charge in [0.2, 0.25) is 0 Å². The average Bonchev–Trinajstić information content (AvgIpc) is 2.27. The summed E-state index contributed by atoms with van der Waals surface area (Å²) in [6.45, 7) is 5.16. The first kappa shape index (κ1) is 12.2. The van der Waals surface area contributed by atoms with Crippen LogP contribution in [0.25, 0.3) is 0 Å². The minimum Gasteiger partial charge on any atom is -0.375 e. The minimum absolute atomic E-state index is 0.556. The van der Waals surface area contributed by atoms with Crippen LogP contribution in [0.2, 0.25) is 0 Å². The van der Waals surface area contributed by atoms with Gasteiger partial charge in [-0.15, -0.1) is 0 Å². The van der Waals surface area contributed by atoms with Gasteiger partial charge in [0, 0.05) is 13.0 Å². The molecular weight excluding hydrogens is 202 g/mol. The summed E-state index contributed by atoms with van der Waals surface area (Å²) in [7, 11) is 0. The van der Waals surface area contributed by atoms with Gasteiger partial charge in [0.25, 0.3) is 0 Å². The van der Waals surface area contributed by atoms with Gasteiger partial charge in [0.15, 0.2) is 0 Å². The highest BCUT2D eigenvalue weighted by molar-refractivity contribution is 7.80. The lowest BCUT2D eigenvalue weighted by atomic mass is 10.1. The predicted octanol–water partition coefficient (Wildman–Crippen LogP) is 3.35. The van der Waals surface area contributed by atoms with Gasteiger partial charge in [-0.1, -0.05) is 62.8 Å². The van der Waals surface area contributed by atoms with E-state index in [9.17, 15) is 0 Å². The molecule has 0 saturated carbocycles.